The Morgan fingerprint density at radius 3 is 2.31 bits per heavy atom. The highest BCUT2D eigenvalue weighted by atomic mass is 35.5. The quantitative estimate of drug-likeness (QED) is 0.215. The number of non-ortho nitro benzene ring substituents is 1. The van der Waals surface area contributed by atoms with Crippen molar-refractivity contribution in [3.63, 3.8) is 0 Å². The number of nitro benzene ring substituents is 1. The molecule has 168 valence electrons. The van der Waals surface area contributed by atoms with Gasteiger partial charge in [-0.2, -0.15) is 0 Å². The van der Waals surface area contributed by atoms with Crippen LogP contribution in [0.4, 0.5) is 11.4 Å². The second kappa shape index (κ2) is 11.9. The van der Waals surface area contributed by atoms with Gasteiger partial charge in [0, 0.05) is 42.5 Å². The minimum absolute atomic E-state index is 0.0827. The van der Waals surface area contributed by atoms with Crippen molar-refractivity contribution in [2.24, 2.45) is 0 Å². The van der Waals surface area contributed by atoms with Crippen molar-refractivity contribution < 1.29 is 14.4 Å². The smallest absolute Gasteiger partial charge is 0.269 e. The van der Waals surface area contributed by atoms with Gasteiger partial charge in [0.15, 0.2) is 11.5 Å². The van der Waals surface area contributed by atoms with Crippen LogP contribution in [0.3, 0.4) is 0 Å². The summed E-state index contributed by atoms with van der Waals surface area (Å²) in [7, 11) is 0. The monoisotopic (exact) mass is 455 g/mol. The lowest BCUT2D eigenvalue weighted by molar-refractivity contribution is -0.384. The summed E-state index contributed by atoms with van der Waals surface area (Å²) in [6.45, 7) is 5.03. The molecule has 0 atom stereocenters. The summed E-state index contributed by atoms with van der Waals surface area (Å²) in [4.78, 5) is 10.3. The molecule has 0 unspecified atom stereocenters. The molecule has 0 aromatic heterocycles. The van der Waals surface area contributed by atoms with Crippen LogP contribution in [0.15, 0.2) is 66.7 Å². The van der Waals surface area contributed by atoms with Gasteiger partial charge in [-0.05, 0) is 54.4 Å². The molecule has 0 radical (unpaired) electrons. The molecular weight excluding hydrogens is 430 g/mol. The highest BCUT2D eigenvalue weighted by molar-refractivity contribution is 6.30. The van der Waals surface area contributed by atoms with E-state index < -0.39 is 4.92 Å². The van der Waals surface area contributed by atoms with Crippen LogP contribution in [0.2, 0.25) is 5.02 Å². The molecular formula is C24H26ClN3O4. The van der Waals surface area contributed by atoms with E-state index in [4.69, 9.17) is 21.1 Å². The Bertz CT molecular complexity index is 1010. The zero-order valence-corrected chi connectivity index (χ0v) is 18.6. The Morgan fingerprint density at radius 2 is 1.62 bits per heavy atom. The fraction of sp³-hybridized carbons (Fsp3) is 0.250. The number of rotatable bonds is 12. The number of ether oxygens (including phenoxy) is 2. The van der Waals surface area contributed by atoms with E-state index in [0.717, 1.165) is 23.4 Å². The fourth-order valence-corrected chi connectivity index (χ4v) is 3.15. The molecule has 8 heteroatoms. The van der Waals surface area contributed by atoms with Crippen molar-refractivity contribution in [3.8, 4) is 11.5 Å². The zero-order chi connectivity index (χ0) is 22.8. The SMILES string of the molecule is CCOc1cc(CNCCNc2ccc([N+](=O)[O-])cc2)ccc1OCc1ccc(Cl)cc1. The van der Waals surface area contributed by atoms with Gasteiger partial charge in [-0.1, -0.05) is 29.8 Å². The lowest BCUT2D eigenvalue weighted by atomic mass is 10.2. The van der Waals surface area contributed by atoms with Crippen LogP contribution in [-0.2, 0) is 13.2 Å². The van der Waals surface area contributed by atoms with Gasteiger partial charge in [0.1, 0.15) is 6.61 Å². The predicted octanol–water partition coefficient (Wildman–Crippen LogP) is 5.43. The summed E-state index contributed by atoms with van der Waals surface area (Å²) in [6.07, 6.45) is 0. The molecule has 3 aromatic carbocycles. The average molecular weight is 456 g/mol. The van der Waals surface area contributed by atoms with Gasteiger partial charge in [-0.3, -0.25) is 10.1 Å². The Balaban J connectivity index is 1.46. The number of hydrogen-bond acceptors (Lipinski definition) is 6. The second-order valence-corrected chi connectivity index (χ2v) is 7.47. The first-order chi connectivity index (χ1) is 15.5. The molecule has 0 amide bonds. The van der Waals surface area contributed by atoms with E-state index in [9.17, 15) is 10.1 Å². The molecule has 0 saturated carbocycles. The molecule has 7 nitrogen and oxygen atoms in total. The molecule has 3 rings (SSSR count). The maximum Gasteiger partial charge on any atom is 0.269 e. The highest BCUT2D eigenvalue weighted by Crippen LogP contribution is 2.29. The third-order valence-corrected chi connectivity index (χ3v) is 4.91. The third-order valence-electron chi connectivity index (χ3n) is 4.65. The topological polar surface area (TPSA) is 85.7 Å². The van der Waals surface area contributed by atoms with Crippen molar-refractivity contribution in [3.05, 3.63) is 93.0 Å². The van der Waals surface area contributed by atoms with Crippen molar-refractivity contribution in [2.75, 3.05) is 25.0 Å². The maximum absolute atomic E-state index is 10.7. The van der Waals surface area contributed by atoms with E-state index in [1.165, 1.54) is 12.1 Å². The minimum atomic E-state index is -0.407. The first-order valence-electron chi connectivity index (χ1n) is 10.4. The van der Waals surface area contributed by atoms with Crippen molar-refractivity contribution in [1.82, 2.24) is 5.32 Å². The Labute approximate surface area is 192 Å². The Morgan fingerprint density at radius 1 is 0.906 bits per heavy atom. The van der Waals surface area contributed by atoms with E-state index in [2.05, 4.69) is 10.6 Å². The average Bonchev–Trinajstić information content (AvgIpc) is 2.80. The normalized spacial score (nSPS) is 10.6. The van der Waals surface area contributed by atoms with Crippen LogP contribution in [0.25, 0.3) is 0 Å². The minimum Gasteiger partial charge on any atom is -0.490 e. The third kappa shape index (κ3) is 7.14. The summed E-state index contributed by atoms with van der Waals surface area (Å²) in [5, 5.41) is 18.0. The first kappa shape index (κ1) is 23.4. The van der Waals surface area contributed by atoms with E-state index in [1.807, 2.05) is 49.4 Å². The molecule has 0 saturated heterocycles. The van der Waals surface area contributed by atoms with Gasteiger partial charge >= 0.3 is 0 Å². The van der Waals surface area contributed by atoms with Crippen molar-refractivity contribution in [1.29, 1.82) is 0 Å². The highest BCUT2D eigenvalue weighted by Gasteiger charge is 2.08. The van der Waals surface area contributed by atoms with Crippen LogP contribution >= 0.6 is 11.6 Å². The van der Waals surface area contributed by atoms with Crippen molar-refractivity contribution in [2.45, 2.75) is 20.1 Å². The summed E-state index contributed by atoms with van der Waals surface area (Å²) in [5.74, 6) is 1.41. The van der Waals surface area contributed by atoms with E-state index in [0.29, 0.717) is 42.8 Å². The lowest BCUT2D eigenvalue weighted by Gasteiger charge is -2.14. The molecule has 32 heavy (non-hydrogen) atoms. The second-order valence-electron chi connectivity index (χ2n) is 7.04. The fourth-order valence-electron chi connectivity index (χ4n) is 3.02. The summed E-state index contributed by atoms with van der Waals surface area (Å²) < 4.78 is 11.7. The Kier molecular flexibility index (Phi) is 8.71. The zero-order valence-electron chi connectivity index (χ0n) is 17.8. The number of anilines is 1. The van der Waals surface area contributed by atoms with Gasteiger partial charge in [0.2, 0.25) is 0 Å². The van der Waals surface area contributed by atoms with Gasteiger partial charge in [0.25, 0.3) is 5.69 Å². The molecule has 3 aromatic rings. The molecule has 0 aliphatic rings. The number of nitro groups is 1. The van der Waals surface area contributed by atoms with Crippen LogP contribution in [0.1, 0.15) is 18.1 Å². The number of nitrogens with zero attached hydrogens (tertiary/aromatic N) is 1. The van der Waals surface area contributed by atoms with Crippen LogP contribution in [0.5, 0.6) is 11.5 Å². The number of hydrogen-bond donors (Lipinski definition) is 2. The van der Waals surface area contributed by atoms with Crippen LogP contribution in [-0.4, -0.2) is 24.6 Å². The molecule has 0 spiro atoms. The predicted molar refractivity (Wildman–Crippen MR) is 127 cm³/mol. The van der Waals surface area contributed by atoms with Gasteiger partial charge < -0.3 is 20.1 Å². The van der Waals surface area contributed by atoms with Crippen LogP contribution < -0.4 is 20.1 Å². The van der Waals surface area contributed by atoms with Gasteiger partial charge in [-0.15, -0.1) is 0 Å². The molecule has 0 fully saturated rings. The van der Waals surface area contributed by atoms with Crippen molar-refractivity contribution >= 4 is 23.0 Å². The summed E-state index contributed by atoms with van der Waals surface area (Å²) in [6, 6.07) is 19.9. The first-order valence-corrected chi connectivity index (χ1v) is 10.7. The summed E-state index contributed by atoms with van der Waals surface area (Å²) in [5.41, 5.74) is 3.04. The molecule has 0 aliphatic carbocycles. The lowest BCUT2D eigenvalue weighted by Crippen LogP contribution is -2.21. The van der Waals surface area contributed by atoms with Gasteiger partial charge in [0.05, 0.1) is 11.5 Å². The van der Waals surface area contributed by atoms with Crippen LogP contribution in [0, 0.1) is 10.1 Å². The number of nitrogens with one attached hydrogen (secondary N) is 2. The number of benzene rings is 3. The molecule has 0 aliphatic heterocycles. The number of halogens is 1. The van der Waals surface area contributed by atoms with Gasteiger partial charge in [-0.25, -0.2) is 0 Å². The standard InChI is InChI=1S/C24H26ClN3O4/c1-2-31-24-15-19(5-12-23(24)32-17-18-3-6-20(25)7-4-18)16-26-13-14-27-21-8-10-22(11-9-21)28(29)30/h3-12,15,26-27H,2,13-14,16-17H2,1H3. The maximum atomic E-state index is 10.7. The molecule has 2 N–H and O–H groups in total. The molecule has 0 heterocycles. The summed E-state index contributed by atoms with van der Waals surface area (Å²) >= 11 is 5.93. The van der Waals surface area contributed by atoms with E-state index >= 15 is 0 Å². The van der Waals surface area contributed by atoms with E-state index in [1.54, 1.807) is 12.1 Å². The van der Waals surface area contributed by atoms with E-state index in [-0.39, 0.29) is 5.69 Å². The largest absolute Gasteiger partial charge is 0.490 e. The Hall–Kier alpha value is -3.29. The molecule has 0 bridgehead atoms.